The molecule has 174 valence electrons. The molecule has 2 aliphatic heterocycles. The van der Waals surface area contributed by atoms with Crippen LogP contribution in [0.3, 0.4) is 0 Å². The third-order valence-electron chi connectivity index (χ3n) is 6.85. The summed E-state index contributed by atoms with van der Waals surface area (Å²) in [4.78, 5) is 39.1. The van der Waals surface area contributed by atoms with Crippen LogP contribution in [-0.2, 0) is 20.8 Å². The number of rotatable bonds is 2. The van der Waals surface area contributed by atoms with E-state index in [0.717, 1.165) is 7.11 Å². The van der Waals surface area contributed by atoms with E-state index in [4.69, 9.17) is 18.7 Å². The van der Waals surface area contributed by atoms with Crippen LogP contribution >= 0.6 is 0 Å². The fraction of sp³-hybridized carbons (Fsp3) is 0.292. The minimum absolute atomic E-state index is 0.0862. The van der Waals surface area contributed by atoms with Crippen LogP contribution in [0.5, 0.6) is 11.5 Å². The molecule has 0 saturated carbocycles. The van der Waals surface area contributed by atoms with Gasteiger partial charge in [-0.25, -0.2) is 14.3 Å². The topological polar surface area (TPSA) is 137 Å². The number of ketones is 1. The van der Waals surface area contributed by atoms with E-state index in [-0.39, 0.29) is 47.8 Å². The van der Waals surface area contributed by atoms with E-state index in [2.05, 4.69) is 0 Å². The van der Waals surface area contributed by atoms with Gasteiger partial charge in [0.25, 0.3) is 5.60 Å². The molecular weight excluding hydrogens is 446 g/mol. The van der Waals surface area contributed by atoms with Gasteiger partial charge in [-0.05, 0) is 24.1 Å². The maximum atomic E-state index is 13.8. The summed E-state index contributed by atoms with van der Waals surface area (Å²) >= 11 is 0. The molecule has 6 rings (SSSR count). The first-order valence-electron chi connectivity index (χ1n) is 10.6. The number of aliphatic hydroxyl groups excluding tert-OH is 1. The Hall–Kier alpha value is -4.05. The molecular formula is C24H19NO9. The number of esters is 1. The number of ether oxygens (including phenoxy) is 3. The van der Waals surface area contributed by atoms with Crippen molar-refractivity contribution in [1.82, 2.24) is 4.74 Å². The van der Waals surface area contributed by atoms with Gasteiger partial charge in [-0.3, -0.25) is 4.79 Å². The number of benzene rings is 2. The maximum absolute atomic E-state index is 13.8. The lowest BCUT2D eigenvalue weighted by molar-refractivity contribution is -0.167. The molecule has 1 aromatic heterocycles. The van der Waals surface area contributed by atoms with Crippen molar-refractivity contribution in [1.29, 1.82) is 0 Å². The number of phenolic OH excluding ortho intramolecular Hbond substituents is 1. The first-order chi connectivity index (χ1) is 16.3. The van der Waals surface area contributed by atoms with Crippen molar-refractivity contribution in [3.05, 3.63) is 57.1 Å². The highest BCUT2D eigenvalue weighted by Gasteiger charge is 2.61. The van der Waals surface area contributed by atoms with Crippen LogP contribution in [0.25, 0.3) is 22.0 Å². The lowest BCUT2D eigenvalue weighted by atomic mass is 9.73. The van der Waals surface area contributed by atoms with Gasteiger partial charge in [-0.1, -0.05) is 12.1 Å². The summed E-state index contributed by atoms with van der Waals surface area (Å²) in [5, 5.41) is 22.6. The number of aromatic nitrogens is 1. The lowest BCUT2D eigenvalue weighted by Crippen LogP contribution is -2.61. The SMILES string of the molecule is COC(=O)[C@]12Oc3cc4c(c(O)c3C(=O)C1=C(OC)CC[C@@H]2O)-c1cccc2c(=O)on(c12)C4. The minimum Gasteiger partial charge on any atom is -0.506 e. The van der Waals surface area contributed by atoms with Crippen LogP contribution in [0.2, 0.25) is 0 Å². The molecule has 34 heavy (non-hydrogen) atoms. The second kappa shape index (κ2) is 6.73. The molecule has 3 heterocycles. The van der Waals surface area contributed by atoms with Gasteiger partial charge in [0, 0.05) is 17.5 Å². The number of carbonyl (C=O) groups excluding carboxylic acids is 2. The molecule has 3 aliphatic rings. The second-order valence-corrected chi connectivity index (χ2v) is 8.46. The summed E-state index contributed by atoms with van der Waals surface area (Å²) in [6.45, 7) is 0.0866. The van der Waals surface area contributed by atoms with Gasteiger partial charge < -0.3 is 28.9 Å². The van der Waals surface area contributed by atoms with Crippen LogP contribution in [0, 0.1) is 0 Å². The molecule has 0 radical (unpaired) electrons. The Bertz CT molecular complexity index is 1530. The van der Waals surface area contributed by atoms with Crippen molar-refractivity contribution in [2.45, 2.75) is 31.1 Å². The molecule has 0 saturated heterocycles. The zero-order valence-electron chi connectivity index (χ0n) is 18.2. The highest BCUT2D eigenvalue weighted by molar-refractivity contribution is 6.20. The normalized spacial score (nSPS) is 22.6. The lowest BCUT2D eigenvalue weighted by Gasteiger charge is -2.43. The Kier molecular flexibility index (Phi) is 4.07. The van der Waals surface area contributed by atoms with E-state index in [1.54, 1.807) is 18.2 Å². The number of hydrogen-bond donors (Lipinski definition) is 2. The number of carbonyl (C=O) groups is 2. The van der Waals surface area contributed by atoms with Crippen molar-refractivity contribution in [2.24, 2.45) is 0 Å². The first kappa shape index (κ1) is 20.5. The smallest absolute Gasteiger partial charge is 0.365 e. The first-order valence-corrected chi connectivity index (χ1v) is 10.6. The number of nitrogens with zero attached hydrogens (tertiary/aromatic N) is 1. The van der Waals surface area contributed by atoms with Crippen molar-refractivity contribution >= 4 is 22.7 Å². The predicted octanol–water partition coefficient (Wildman–Crippen LogP) is 1.87. The van der Waals surface area contributed by atoms with E-state index >= 15 is 0 Å². The molecule has 0 fully saturated rings. The van der Waals surface area contributed by atoms with E-state index in [1.165, 1.54) is 17.9 Å². The number of fused-ring (bicyclic) bond motifs is 4. The van der Waals surface area contributed by atoms with E-state index in [0.29, 0.717) is 27.6 Å². The minimum atomic E-state index is -2.14. The van der Waals surface area contributed by atoms with Gasteiger partial charge >= 0.3 is 11.6 Å². The van der Waals surface area contributed by atoms with Crippen molar-refractivity contribution < 1.29 is 38.5 Å². The van der Waals surface area contributed by atoms with Crippen LogP contribution in [0.4, 0.5) is 0 Å². The van der Waals surface area contributed by atoms with Gasteiger partial charge in [0.05, 0.1) is 37.2 Å². The van der Waals surface area contributed by atoms with E-state index in [1.807, 2.05) is 0 Å². The van der Waals surface area contributed by atoms with Crippen molar-refractivity contribution in [3.63, 3.8) is 0 Å². The van der Waals surface area contributed by atoms with E-state index in [9.17, 15) is 24.6 Å². The number of para-hydroxylation sites is 1. The molecule has 10 nitrogen and oxygen atoms in total. The van der Waals surface area contributed by atoms with Gasteiger partial charge in [0.15, 0.2) is 0 Å². The number of allylic oxidation sites excluding steroid dienone is 1. The monoisotopic (exact) mass is 465 g/mol. The third kappa shape index (κ3) is 2.30. The quantitative estimate of drug-likeness (QED) is 0.425. The Morgan fingerprint density at radius 3 is 2.76 bits per heavy atom. The predicted molar refractivity (Wildman–Crippen MR) is 116 cm³/mol. The third-order valence-corrected chi connectivity index (χ3v) is 6.85. The number of hydrogen-bond acceptors (Lipinski definition) is 9. The number of aliphatic hydroxyl groups is 1. The second-order valence-electron chi connectivity index (χ2n) is 8.46. The number of methoxy groups -OCH3 is 2. The summed E-state index contributed by atoms with van der Waals surface area (Å²) in [7, 11) is 2.49. The van der Waals surface area contributed by atoms with Gasteiger partial charge in [0.2, 0.25) is 5.78 Å². The molecule has 2 aromatic carbocycles. The Morgan fingerprint density at radius 2 is 2.03 bits per heavy atom. The molecule has 0 amide bonds. The number of aromatic hydroxyl groups is 1. The Morgan fingerprint density at radius 1 is 1.24 bits per heavy atom. The highest BCUT2D eigenvalue weighted by Crippen LogP contribution is 2.52. The van der Waals surface area contributed by atoms with Crippen LogP contribution < -0.4 is 10.4 Å². The summed E-state index contributed by atoms with van der Waals surface area (Å²) < 4.78 is 23.1. The summed E-state index contributed by atoms with van der Waals surface area (Å²) in [6.07, 6.45) is -1.09. The fourth-order valence-corrected chi connectivity index (χ4v) is 5.38. The summed E-state index contributed by atoms with van der Waals surface area (Å²) in [5.74, 6) is -1.92. The number of phenols is 1. The Balaban J connectivity index is 1.66. The molecule has 0 spiro atoms. The van der Waals surface area contributed by atoms with Crippen molar-refractivity contribution in [3.8, 4) is 22.6 Å². The highest BCUT2D eigenvalue weighted by atomic mass is 16.6. The van der Waals surface area contributed by atoms with Crippen LogP contribution in [-0.4, -0.2) is 52.6 Å². The zero-order valence-corrected chi connectivity index (χ0v) is 18.2. The molecule has 10 heteroatoms. The van der Waals surface area contributed by atoms with Gasteiger partial charge in [0.1, 0.15) is 28.9 Å². The van der Waals surface area contributed by atoms with E-state index < -0.39 is 29.1 Å². The molecule has 2 atom stereocenters. The molecule has 0 unspecified atom stereocenters. The Labute approximate surface area is 191 Å². The van der Waals surface area contributed by atoms with Gasteiger partial charge in [-0.2, -0.15) is 0 Å². The summed E-state index contributed by atoms with van der Waals surface area (Å²) in [5.41, 5.74) is -1.11. The molecule has 2 N–H and O–H groups in total. The molecule has 3 aromatic rings. The van der Waals surface area contributed by atoms with Crippen LogP contribution in [0.1, 0.15) is 28.8 Å². The van der Waals surface area contributed by atoms with Crippen LogP contribution in [0.15, 0.2) is 44.9 Å². The maximum Gasteiger partial charge on any atom is 0.365 e. The molecule has 0 bridgehead atoms. The fourth-order valence-electron chi connectivity index (χ4n) is 5.38. The standard InChI is InChI=1S/C24H19NO9/c1-31-13-6-7-15(26)24(23(30)32-2)18(13)21(28)17-14(33-24)8-10-9-25-19-11(16(10)20(17)27)4-3-5-12(19)22(29)34-25/h3-5,8,15,26-27H,6-7,9H2,1-2H3/t15-,24+/m0/s1. The average molecular weight is 465 g/mol. The largest absolute Gasteiger partial charge is 0.506 e. The van der Waals surface area contributed by atoms with Crippen molar-refractivity contribution in [2.75, 3.05) is 14.2 Å². The number of Topliss-reactive ketones (excluding diaryl/α,β-unsaturated/α-hetero) is 1. The van der Waals surface area contributed by atoms with Gasteiger partial charge in [-0.15, -0.1) is 0 Å². The zero-order chi connectivity index (χ0) is 23.9. The average Bonchev–Trinajstić information content (AvgIpc) is 3.15. The summed E-state index contributed by atoms with van der Waals surface area (Å²) in [6, 6.07) is 6.52. The molecule has 1 aliphatic carbocycles.